The third-order valence-electron chi connectivity index (χ3n) is 3.91. The normalized spacial score (nSPS) is 16.1. The molecule has 0 heterocycles. The van der Waals surface area contributed by atoms with E-state index < -0.39 is 0 Å². The molecule has 2 nitrogen and oxygen atoms in total. The van der Waals surface area contributed by atoms with Crippen LogP contribution in [-0.4, -0.2) is 11.7 Å². The molecule has 0 atom stereocenters. The molecule has 0 spiro atoms. The topological polar surface area (TPSA) is 29.1 Å². The van der Waals surface area contributed by atoms with Crippen LogP contribution in [0.1, 0.15) is 19.3 Å². The SMILES string of the molecule is O=C(CC1(CS)CC1)Nc1ccc2cc(Br)ccc2c1. The van der Waals surface area contributed by atoms with Crippen molar-refractivity contribution in [2.24, 2.45) is 5.41 Å². The van der Waals surface area contributed by atoms with Crippen molar-refractivity contribution < 1.29 is 4.79 Å². The fourth-order valence-electron chi connectivity index (χ4n) is 2.41. The van der Waals surface area contributed by atoms with Crippen LogP contribution in [0.5, 0.6) is 0 Å². The average molecular weight is 350 g/mol. The van der Waals surface area contributed by atoms with Crippen molar-refractivity contribution in [2.75, 3.05) is 11.1 Å². The molecular formula is C16H16BrNOS. The molecule has 1 saturated carbocycles. The molecule has 0 aromatic heterocycles. The van der Waals surface area contributed by atoms with Crippen molar-refractivity contribution in [1.82, 2.24) is 0 Å². The van der Waals surface area contributed by atoms with Gasteiger partial charge in [-0.15, -0.1) is 0 Å². The molecule has 1 N–H and O–H groups in total. The van der Waals surface area contributed by atoms with Crippen molar-refractivity contribution in [2.45, 2.75) is 19.3 Å². The van der Waals surface area contributed by atoms with Crippen LogP contribution in [0.3, 0.4) is 0 Å². The Balaban J connectivity index is 1.74. The van der Waals surface area contributed by atoms with E-state index in [2.05, 4.69) is 39.9 Å². The van der Waals surface area contributed by atoms with Gasteiger partial charge in [0.05, 0.1) is 0 Å². The lowest BCUT2D eigenvalue weighted by Crippen LogP contribution is -2.18. The van der Waals surface area contributed by atoms with E-state index in [1.54, 1.807) is 0 Å². The van der Waals surface area contributed by atoms with Gasteiger partial charge in [-0.25, -0.2) is 0 Å². The van der Waals surface area contributed by atoms with E-state index in [-0.39, 0.29) is 11.3 Å². The molecule has 3 rings (SSSR count). The lowest BCUT2D eigenvalue weighted by Gasteiger charge is -2.12. The minimum absolute atomic E-state index is 0.0908. The zero-order valence-electron chi connectivity index (χ0n) is 11.0. The number of amides is 1. The Morgan fingerprint density at radius 1 is 1.20 bits per heavy atom. The number of fused-ring (bicyclic) bond motifs is 1. The highest BCUT2D eigenvalue weighted by molar-refractivity contribution is 9.10. The Labute approximate surface area is 132 Å². The van der Waals surface area contributed by atoms with Crippen LogP contribution in [0.4, 0.5) is 5.69 Å². The third-order valence-corrected chi connectivity index (χ3v) is 5.08. The first-order valence-electron chi connectivity index (χ1n) is 6.70. The number of hydrogen-bond donors (Lipinski definition) is 2. The first kappa shape index (κ1) is 14.0. The summed E-state index contributed by atoms with van der Waals surface area (Å²) in [7, 11) is 0. The molecule has 1 amide bonds. The summed E-state index contributed by atoms with van der Waals surface area (Å²) in [5.41, 5.74) is 1.02. The summed E-state index contributed by atoms with van der Waals surface area (Å²) < 4.78 is 1.06. The summed E-state index contributed by atoms with van der Waals surface area (Å²) in [6.45, 7) is 0. The van der Waals surface area contributed by atoms with Crippen LogP contribution in [0, 0.1) is 5.41 Å². The van der Waals surface area contributed by atoms with Crippen LogP contribution in [0.15, 0.2) is 40.9 Å². The highest BCUT2D eigenvalue weighted by atomic mass is 79.9. The molecular weight excluding hydrogens is 334 g/mol. The van der Waals surface area contributed by atoms with Gasteiger partial charge in [0, 0.05) is 16.6 Å². The molecule has 0 saturated heterocycles. The zero-order valence-corrected chi connectivity index (χ0v) is 13.5. The maximum absolute atomic E-state index is 12.1. The highest BCUT2D eigenvalue weighted by Crippen LogP contribution is 2.49. The molecule has 1 aliphatic rings. The van der Waals surface area contributed by atoms with Crippen molar-refractivity contribution in [3.8, 4) is 0 Å². The average Bonchev–Trinajstić information content (AvgIpc) is 3.19. The number of halogens is 1. The number of anilines is 1. The highest BCUT2D eigenvalue weighted by Gasteiger charge is 2.42. The largest absolute Gasteiger partial charge is 0.326 e. The summed E-state index contributed by atoms with van der Waals surface area (Å²) in [6.07, 6.45) is 2.82. The van der Waals surface area contributed by atoms with Gasteiger partial charge in [0.25, 0.3) is 0 Å². The van der Waals surface area contributed by atoms with Gasteiger partial charge in [-0.3, -0.25) is 4.79 Å². The molecule has 1 aliphatic carbocycles. The quantitative estimate of drug-likeness (QED) is 0.773. The second-order valence-corrected chi connectivity index (χ2v) is 6.82. The van der Waals surface area contributed by atoms with E-state index in [0.717, 1.165) is 39.5 Å². The number of carbonyl (C=O) groups is 1. The Morgan fingerprint density at radius 3 is 2.60 bits per heavy atom. The minimum Gasteiger partial charge on any atom is -0.326 e. The number of rotatable bonds is 4. The number of hydrogen-bond acceptors (Lipinski definition) is 2. The predicted octanol–water partition coefficient (Wildman–Crippen LogP) is 4.64. The Bertz CT molecular complexity index is 667. The first-order chi connectivity index (χ1) is 9.60. The summed E-state index contributed by atoms with van der Waals surface area (Å²) in [4.78, 5) is 12.1. The summed E-state index contributed by atoms with van der Waals surface area (Å²) in [5, 5.41) is 5.28. The monoisotopic (exact) mass is 349 g/mol. The van der Waals surface area contributed by atoms with E-state index in [0.29, 0.717) is 6.42 Å². The third kappa shape index (κ3) is 3.01. The van der Waals surface area contributed by atoms with Gasteiger partial charge in [-0.05, 0) is 59.0 Å². The maximum Gasteiger partial charge on any atom is 0.224 e. The fourth-order valence-corrected chi connectivity index (χ4v) is 3.21. The Hall–Kier alpha value is -1.00. The van der Waals surface area contributed by atoms with E-state index >= 15 is 0 Å². The van der Waals surface area contributed by atoms with Crippen LogP contribution in [0.2, 0.25) is 0 Å². The second kappa shape index (κ2) is 5.41. The Kier molecular flexibility index (Phi) is 3.78. The summed E-state index contributed by atoms with van der Waals surface area (Å²) in [5.74, 6) is 0.889. The minimum atomic E-state index is 0.0908. The van der Waals surface area contributed by atoms with Crippen molar-refractivity contribution >= 4 is 50.9 Å². The molecule has 4 heteroatoms. The van der Waals surface area contributed by atoms with Crippen molar-refractivity contribution in [3.05, 3.63) is 40.9 Å². The second-order valence-electron chi connectivity index (χ2n) is 5.59. The van der Waals surface area contributed by atoms with Gasteiger partial charge in [0.15, 0.2) is 0 Å². The van der Waals surface area contributed by atoms with E-state index in [1.165, 1.54) is 0 Å². The van der Waals surface area contributed by atoms with Crippen LogP contribution in [-0.2, 0) is 4.79 Å². The lowest BCUT2D eigenvalue weighted by atomic mass is 10.0. The molecule has 0 aliphatic heterocycles. The van der Waals surface area contributed by atoms with Gasteiger partial charge >= 0.3 is 0 Å². The summed E-state index contributed by atoms with van der Waals surface area (Å²) >= 11 is 7.80. The standard InChI is InChI=1S/C16H16BrNOS/c17-13-3-1-12-8-14(4-2-11(12)7-13)18-15(19)9-16(10-20)5-6-16/h1-4,7-8,20H,5-6,9-10H2,(H,18,19). The molecule has 2 aromatic carbocycles. The molecule has 20 heavy (non-hydrogen) atoms. The molecule has 0 radical (unpaired) electrons. The smallest absolute Gasteiger partial charge is 0.224 e. The van der Waals surface area contributed by atoms with Gasteiger partial charge in [-0.1, -0.05) is 28.1 Å². The molecule has 104 valence electrons. The number of carbonyl (C=O) groups excluding carboxylic acids is 1. The van der Waals surface area contributed by atoms with E-state index in [9.17, 15) is 4.79 Å². The molecule has 0 unspecified atom stereocenters. The Morgan fingerprint density at radius 2 is 1.90 bits per heavy atom. The number of nitrogens with one attached hydrogen (secondary N) is 1. The van der Waals surface area contributed by atoms with E-state index in [1.807, 2.05) is 30.3 Å². The predicted molar refractivity (Wildman–Crippen MR) is 90.4 cm³/mol. The van der Waals surface area contributed by atoms with Crippen LogP contribution in [0.25, 0.3) is 10.8 Å². The van der Waals surface area contributed by atoms with E-state index in [4.69, 9.17) is 0 Å². The molecule has 0 bridgehead atoms. The van der Waals surface area contributed by atoms with Crippen molar-refractivity contribution in [1.29, 1.82) is 0 Å². The number of thiol groups is 1. The maximum atomic E-state index is 12.1. The van der Waals surface area contributed by atoms with Gasteiger partial charge in [-0.2, -0.15) is 12.6 Å². The first-order valence-corrected chi connectivity index (χ1v) is 8.13. The van der Waals surface area contributed by atoms with Crippen LogP contribution < -0.4 is 5.32 Å². The summed E-state index contributed by atoms with van der Waals surface area (Å²) in [6, 6.07) is 12.1. The zero-order chi connectivity index (χ0) is 14.2. The lowest BCUT2D eigenvalue weighted by molar-refractivity contribution is -0.117. The number of benzene rings is 2. The van der Waals surface area contributed by atoms with Gasteiger partial charge in [0.1, 0.15) is 0 Å². The molecule has 1 fully saturated rings. The molecule has 2 aromatic rings. The van der Waals surface area contributed by atoms with Crippen molar-refractivity contribution in [3.63, 3.8) is 0 Å². The fraction of sp³-hybridized carbons (Fsp3) is 0.312. The van der Waals surface area contributed by atoms with Gasteiger partial charge < -0.3 is 5.32 Å². The van der Waals surface area contributed by atoms with Gasteiger partial charge in [0.2, 0.25) is 5.91 Å². The van der Waals surface area contributed by atoms with Crippen LogP contribution >= 0.6 is 28.6 Å².